The molecule has 2 heterocycles. The second-order valence-corrected chi connectivity index (χ2v) is 7.44. The Labute approximate surface area is 153 Å². The first-order valence-corrected chi connectivity index (χ1v) is 9.84. The molecule has 2 N–H and O–H groups in total. The highest BCUT2D eigenvalue weighted by atomic mass is 32.2. The Morgan fingerprint density at radius 2 is 1.77 bits per heavy atom. The lowest BCUT2D eigenvalue weighted by Crippen LogP contribution is -2.29. The molecule has 26 heavy (non-hydrogen) atoms. The zero-order chi connectivity index (χ0) is 18.4. The van der Waals surface area contributed by atoms with Gasteiger partial charge >= 0.3 is 0 Å². The predicted octanol–water partition coefficient (Wildman–Crippen LogP) is 2.22. The van der Waals surface area contributed by atoms with Gasteiger partial charge in [0, 0.05) is 31.5 Å². The van der Waals surface area contributed by atoms with Crippen LogP contribution in [-0.4, -0.2) is 36.0 Å². The van der Waals surface area contributed by atoms with Crippen molar-refractivity contribution in [1.82, 2.24) is 19.3 Å². The maximum atomic E-state index is 12.3. The third kappa shape index (κ3) is 4.47. The van der Waals surface area contributed by atoms with Crippen molar-refractivity contribution >= 4 is 15.8 Å². The van der Waals surface area contributed by atoms with Crippen molar-refractivity contribution in [2.45, 2.75) is 18.2 Å². The maximum absolute atomic E-state index is 12.3. The predicted molar refractivity (Wildman–Crippen MR) is 101 cm³/mol. The first kappa shape index (κ1) is 18.1. The molecule has 0 unspecified atom stereocenters. The average Bonchev–Trinajstić information content (AvgIpc) is 3.20. The molecule has 2 aromatic heterocycles. The van der Waals surface area contributed by atoms with Gasteiger partial charge in [0.25, 0.3) is 0 Å². The Bertz CT molecular complexity index is 938. The van der Waals surface area contributed by atoms with E-state index < -0.39 is 10.0 Å². The summed E-state index contributed by atoms with van der Waals surface area (Å²) in [6.45, 7) is 2.69. The van der Waals surface area contributed by atoms with Crippen molar-refractivity contribution in [3.05, 3.63) is 66.7 Å². The summed E-state index contributed by atoms with van der Waals surface area (Å²) in [4.78, 5) is 8.62. The number of sulfonamides is 1. The molecule has 3 aromatic rings. The van der Waals surface area contributed by atoms with Crippen molar-refractivity contribution in [2.75, 3.05) is 18.4 Å². The van der Waals surface area contributed by atoms with Gasteiger partial charge in [-0.1, -0.05) is 19.1 Å². The Morgan fingerprint density at radius 1 is 1.04 bits per heavy atom. The van der Waals surface area contributed by atoms with Gasteiger partial charge in [-0.05, 0) is 36.2 Å². The second-order valence-electron chi connectivity index (χ2n) is 5.67. The normalized spacial score (nSPS) is 11.4. The first-order chi connectivity index (χ1) is 12.6. The van der Waals surface area contributed by atoms with E-state index in [0.717, 1.165) is 17.8 Å². The largest absolute Gasteiger partial charge is 0.369 e. The van der Waals surface area contributed by atoms with Gasteiger partial charge in [0.15, 0.2) is 0 Å². The van der Waals surface area contributed by atoms with Gasteiger partial charge in [0.2, 0.25) is 10.0 Å². The van der Waals surface area contributed by atoms with Crippen molar-refractivity contribution in [1.29, 1.82) is 0 Å². The van der Waals surface area contributed by atoms with Crippen molar-refractivity contribution in [3.63, 3.8) is 0 Å². The molecule has 0 aliphatic heterocycles. The fourth-order valence-electron chi connectivity index (χ4n) is 2.44. The van der Waals surface area contributed by atoms with Gasteiger partial charge < -0.3 is 9.88 Å². The molecular weight excluding hydrogens is 350 g/mol. The van der Waals surface area contributed by atoms with Gasteiger partial charge in [-0.15, -0.1) is 0 Å². The maximum Gasteiger partial charge on any atom is 0.240 e. The fourth-order valence-corrected chi connectivity index (χ4v) is 3.47. The van der Waals surface area contributed by atoms with E-state index in [9.17, 15) is 8.42 Å². The number of hydrogen-bond donors (Lipinski definition) is 2. The van der Waals surface area contributed by atoms with Crippen LogP contribution in [0.25, 0.3) is 5.82 Å². The molecule has 7 nitrogen and oxygen atoms in total. The quantitative estimate of drug-likeness (QED) is 0.593. The van der Waals surface area contributed by atoms with E-state index >= 15 is 0 Å². The SMILES string of the molecule is CCc1ccc(S(=O)(=O)NCCNc2cc(-n3cccc3)ncn2)cc1. The number of rotatable bonds is 8. The molecule has 0 saturated heterocycles. The number of aryl methyl sites for hydroxylation is 1. The third-order valence-electron chi connectivity index (χ3n) is 3.89. The van der Waals surface area contributed by atoms with Crippen LogP contribution in [0.1, 0.15) is 12.5 Å². The molecule has 0 atom stereocenters. The molecule has 0 fully saturated rings. The molecule has 136 valence electrons. The van der Waals surface area contributed by atoms with Crippen LogP contribution in [0.5, 0.6) is 0 Å². The van der Waals surface area contributed by atoms with Crippen LogP contribution in [0.3, 0.4) is 0 Å². The average molecular weight is 371 g/mol. The summed E-state index contributed by atoms with van der Waals surface area (Å²) in [5.41, 5.74) is 1.10. The molecule has 0 aliphatic carbocycles. The van der Waals surface area contributed by atoms with Gasteiger partial charge in [-0.25, -0.2) is 23.1 Å². The van der Waals surface area contributed by atoms with E-state index in [1.807, 2.05) is 48.1 Å². The van der Waals surface area contributed by atoms with Crippen LogP contribution in [0.15, 0.2) is 66.1 Å². The van der Waals surface area contributed by atoms with Crippen LogP contribution in [0.4, 0.5) is 5.82 Å². The van der Waals surface area contributed by atoms with Crippen molar-refractivity contribution in [3.8, 4) is 5.82 Å². The zero-order valence-electron chi connectivity index (χ0n) is 14.5. The number of anilines is 1. The van der Waals surface area contributed by atoms with Crippen LogP contribution in [0.2, 0.25) is 0 Å². The Hall–Kier alpha value is -2.71. The highest BCUT2D eigenvalue weighted by Gasteiger charge is 2.12. The number of aromatic nitrogens is 3. The minimum Gasteiger partial charge on any atom is -0.369 e. The lowest BCUT2D eigenvalue weighted by atomic mass is 10.2. The van der Waals surface area contributed by atoms with Gasteiger partial charge in [-0.3, -0.25) is 0 Å². The molecular formula is C18H21N5O2S. The van der Waals surface area contributed by atoms with E-state index in [1.165, 1.54) is 6.33 Å². The molecule has 0 aliphatic rings. The van der Waals surface area contributed by atoms with E-state index in [4.69, 9.17) is 0 Å². The highest BCUT2D eigenvalue weighted by molar-refractivity contribution is 7.89. The molecule has 1 aromatic carbocycles. The summed E-state index contributed by atoms with van der Waals surface area (Å²) < 4.78 is 29.0. The zero-order valence-corrected chi connectivity index (χ0v) is 15.3. The van der Waals surface area contributed by atoms with Gasteiger partial charge in [-0.2, -0.15) is 0 Å². The third-order valence-corrected chi connectivity index (χ3v) is 5.36. The summed E-state index contributed by atoms with van der Waals surface area (Å²) in [5, 5.41) is 3.10. The minimum absolute atomic E-state index is 0.251. The van der Waals surface area contributed by atoms with E-state index in [-0.39, 0.29) is 11.4 Å². The highest BCUT2D eigenvalue weighted by Crippen LogP contribution is 2.11. The molecule has 0 spiro atoms. The monoisotopic (exact) mass is 371 g/mol. The molecule has 0 radical (unpaired) electrons. The number of benzene rings is 1. The fraction of sp³-hybridized carbons (Fsp3) is 0.222. The van der Waals surface area contributed by atoms with Crippen molar-refractivity contribution < 1.29 is 8.42 Å². The summed E-state index contributed by atoms with van der Waals surface area (Å²) in [7, 11) is -3.51. The molecule has 0 amide bonds. The van der Waals surface area contributed by atoms with Gasteiger partial charge in [0.1, 0.15) is 18.0 Å². The van der Waals surface area contributed by atoms with E-state index in [0.29, 0.717) is 12.4 Å². The first-order valence-electron chi connectivity index (χ1n) is 8.36. The molecule has 0 bridgehead atoms. The molecule has 0 saturated carbocycles. The van der Waals surface area contributed by atoms with Gasteiger partial charge in [0.05, 0.1) is 4.90 Å². The van der Waals surface area contributed by atoms with Crippen LogP contribution < -0.4 is 10.0 Å². The van der Waals surface area contributed by atoms with Crippen LogP contribution in [-0.2, 0) is 16.4 Å². The topological polar surface area (TPSA) is 88.9 Å². The Balaban J connectivity index is 1.54. The smallest absolute Gasteiger partial charge is 0.240 e. The number of hydrogen-bond acceptors (Lipinski definition) is 5. The Kier molecular flexibility index (Phi) is 5.65. The van der Waals surface area contributed by atoms with Crippen molar-refractivity contribution in [2.24, 2.45) is 0 Å². The minimum atomic E-state index is -3.51. The second kappa shape index (κ2) is 8.11. The molecule has 8 heteroatoms. The Morgan fingerprint density at radius 3 is 2.46 bits per heavy atom. The summed E-state index contributed by atoms with van der Waals surface area (Å²) in [6.07, 6.45) is 6.13. The van der Waals surface area contributed by atoms with E-state index in [1.54, 1.807) is 18.2 Å². The summed E-state index contributed by atoms with van der Waals surface area (Å²) in [6, 6.07) is 12.5. The summed E-state index contributed by atoms with van der Waals surface area (Å²) in [5.74, 6) is 1.37. The lowest BCUT2D eigenvalue weighted by Gasteiger charge is -2.09. The number of nitrogens with one attached hydrogen (secondary N) is 2. The lowest BCUT2D eigenvalue weighted by molar-refractivity contribution is 0.583. The van der Waals surface area contributed by atoms with Crippen LogP contribution >= 0.6 is 0 Å². The van der Waals surface area contributed by atoms with Crippen LogP contribution in [0, 0.1) is 0 Å². The standard InChI is InChI=1S/C18H21N5O2S/c1-2-15-5-7-16(8-6-15)26(24,25)22-10-9-19-17-13-18(21-14-20-17)23-11-3-4-12-23/h3-8,11-14,22H,2,9-10H2,1H3,(H,19,20,21). The number of nitrogens with zero attached hydrogens (tertiary/aromatic N) is 3. The van der Waals surface area contributed by atoms with E-state index in [2.05, 4.69) is 20.0 Å². The summed E-state index contributed by atoms with van der Waals surface area (Å²) >= 11 is 0. The molecule has 3 rings (SSSR count).